The molecule has 136 valence electrons. The smallest absolute Gasteiger partial charge is 0.450 e. The maximum absolute atomic E-state index is 11.9. The molecule has 9 heteroatoms. The van der Waals surface area contributed by atoms with Crippen LogP contribution in [0.15, 0.2) is 0 Å². The normalized spacial score (nSPS) is 27.8. The maximum Gasteiger partial charge on any atom is 0.508 e. The standard InChI is InChI=1S/C15H22O9/c16-13(17)21-10-6-11(22-14(18)19)8-12(7-10)24-15(20)23-9-4-2-1-3-5-9/h9-12H,1-8H2,(H,16,17)(H,18,19). The molecule has 2 aliphatic rings. The molecular weight excluding hydrogens is 324 g/mol. The van der Waals surface area contributed by atoms with Crippen molar-refractivity contribution in [3.8, 4) is 0 Å². The van der Waals surface area contributed by atoms with Gasteiger partial charge in [0.05, 0.1) is 0 Å². The third kappa shape index (κ3) is 6.13. The summed E-state index contributed by atoms with van der Waals surface area (Å²) in [7, 11) is 0. The third-order valence-electron chi connectivity index (χ3n) is 4.19. The molecule has 0 aromatic carbocycles. The van der Waals surface area contributed by atoms with E-state index in [2.05, 4.69) is 9.47 Å². The number of carbonyl (C=O) groups is 3. The van der Waals surface area contributed by atoms with Crippen molar-refractivity contribution < 1.29 is 43.5 Å². The summed E-state index contributed by atoms with van der Waals surface area (Å²) in [6, 6.07) is 0. The van der Waals surface area contributed by atoms with E-state index < -0.39 is 36.8 Å². The molecule has 2 atom stereocenters. The van der Waals surface area contributed by atoms with Crippen molar-refractivity contribution in [3.05, 3.63) is 0 Å². The van der Waals surface area contributed by atoms with E-state index in [1.54, 1.807) is 0 Å². The van der Waals surface area contributed by atoms with Gasteiger partial charge >= 0.3 is 18.5 Å². The van der Waals surface area contributed by atoms with Crippen LogP contribution in [0.3, 0.4) is 0 Å². The Morgan fingerprint density at radius 1 is 0.625 bits per heavy atom. The number of hydrogen-bond donors (Lipinski definition) is 2. The fourth-order valence-corrected chi connectivity index (χ4v) is 3.23. The van der Waals surface area contributed by atoms with Crippen molar-refractivity contribution in [1.29, 1.82) is 0 Å². The van der Waals surface area contributed by atoms with Gasteiger partial charge in [-0.3, -0.25) is 0 Å². The predicted octanol–water partition coefficient (Wildman–Crippen LogP) is 3.15. The first-order valence-electron chi connectivity index (χ1n) is 8.08. The van der Waals surface area contributed by atoms with Gasteiger partial charge < -0.3 is 29.2 Å². The highest BCUT2D eigenvalue weighted by Gasteiger charge is 2.36. The highest BCUT2D eigenvalue weighted by Crippen LogP contribution is 2.28. The molecular formula is C15H22O9. The van der Waals surface area contributed by atoms with Crippen molar-refractivity contribution in [2.45, 2.75) is 75.8 Å². The summed E-state index contributed by atoms with van der Waals surface area (Å²) in [5, 5.41) is 17.4. The summed E-state index contributed by atoms with van der Waals surface area (Å²) in [5.74, 6) is 0. The molecule has 0 aromatic heterocycles. The Morgan fingerprint density at radius 2 is 1.04 bits per heavy atom. The number of ether oxygens (including phenoxy) is 4. The zero-order chi connectivity index (χ0) is 17.5. The van der Waals surface area contributed by atoms with E-state index in [-0.39, 0.29) is 25.4 Å². The Hall–Kier alpha value is -2.19. The first-order valence-corrected chi connectivity index (χ1v) is 8.08. The highest BCUT2D eigenvalue weighted by atomic mass is 16.7. The van der Waals surface area contributed by atoms with E-state index in [1.807, 2.05) is 0 Å². The number of hydrogen-bond acceptors (Lipinski definition) is 7. The van der Waals surface area contributed by atoms with Gasteiger partial charge in [0, 0.05) is 19.3 Å². The molecule has 0 aliphatic heterocycles. The predicted molar refractivity (Wildman–Crippen MR) is 77.9 cm³/mol. The van der Waals surface area contributed by atoms with Crippen LogP contribution in [0.1, 0.15) is 51.4 Å². The van der Waals surface area contributed by atoms with Gasteiger partial charge in [-0.2, -0.15) is 0 Å². The average Bonchev–Trinajstić information content (AvgIpc) is 2.46. The molecule has 0 heterocycles. The van der Waals surface area contributed by atoms with E-state index in [1.165, 1.54) is 0 Å². The molecule has 0 saturated heterocycles. The maximum atomic E-state index is 11.9. The third-order valence-corrected chi connectivity index (χ3v) is 4.19. The van der Waals surface area contributed by atoms with Crippen LogP contribution in [0.4, 0.5) is 14.4 Å². The molecule has 2 saturated carbocycles. The summed E-state index contributed by atoms with van der Waals surface area (Å²) in [6.07, 6.45) is -1.13. The Bertz CT molecular complexity index is 434. The summed E-state index contributed by atoms with van der Waals surface area (Å²) in [6.45, 7) is 0. The molecule has 0 bridgehead atoms. The fraction of sp³-hybridized carbons (Fsp3) is 0.800. The quantitative estimate of drug-likeness (QED) is 0.582. The van der Waals surface area contributed by atoms with Gasteiger partial charge in [0.2, 0.25) is 0 Å². The van der Waals surface area contributed by atoms with Crippen molar-refractivity contribution in [1.82, 2.24) is 0 Å². The molecule has 24 heavy (non-hydrogen) atoms. The Balaban J connectivity index is 1.86. The summed E-state index contributed by atoms with van der Waals surface area (Å²) in [4.78, 5) is 33.2. The Morgan fingerprint density at radius 3 is 1.50 bits per heavy atom. The lowest BCUT2D eigenvalue weighted by atomic mass is 9.92. The van der Waals surface area contributed by atoms with Gasteiger partial charge in [0.1, 0.15) is 24.4 Å². The second kappa shape index (κ2) is 8.60. The summed E-state index contributed by atoms with van der Waals surface area (Å²) < 4.78 is 19.8. The molecule has 2 aliphatic carbocycles. The Kier molecular flexibility index (Phi) is 6.51. The minimum Gasteiger partial charge on any atom is -0.450 e. The van der Waals surface area contributed by atoms with Crippen LogP contribution in [0.25, 0.3) is 0 Å². The summed E-state index contributed by atoms with van der Waals surface area (Å²) in [5.41, 5.74) is 0. The largest absolute Gasteiger partial charge is 0.508 e. The van der Waals surface area contributed by atoms with E-state index >= 15 is 0 Å². The van der Waals surface area contributed by atoms with Crippen LogP contribution in [-0.4, -0.2) is 53.1 Å². The highest BCUT2D eigenvalue weighted by molar-refractivity contribution is 5.60. The minimum atomic E-state index is -1.47. The Labute approximate surface area is 138 Å². The van der Waals surface area contributed by atoms with Gasteiger partial charge in [-0.25, -0.2) is 14.4 Å². The van der Waals surface area contributed by atoms with Crippen LogP contribution in [0.5, 0.6) is 0 Å². The zero-order valence-electron chi connectivity index (χ0n) is 13.2. The van der Waals surface area contributed by atoms with Crippen molar-refractivity contribution in [2.75, 3.05) is 0 Å². The van der Waals surface area contributed by atoms with E-state index in [0.29, 0.717) is 0 Å². The van der Waals surface area contributed by atoms with Crippen LogP contribution in [0, 0.1) is 0 Å². The SMILES string of the molecule is O=C(O)OC1CC(OC(=O)O)CC(OC(=O)OC2CCCCC2)C1. The molecule has 9 nitrogen and oxygen atoms in total. The molecule has 2 rings (SSSR count). The van der Waals surface area contributed by atoms with Gasteiger partial charge in [-0.15, -0.1) is 0 Å². The lowest BCUT2D eigenvalue weighted by Crippen LogP contribution is -2.40. The molecule has 0 aromatic rings. The van der Waals surface area contributed by atoms with Gasteiger partial charge in [-0.1, -0.05) is 6.42 Å². The monoisotopic (exact) mass is 346 g/mol. The first kappa shape index (κ1) is 18.2. The van der Waals surface area contributed by atoms with Crippen LogP contribution in [0.2, 0.25) is 0 Å². The average molecular weight is 346 g/mol. The molecule has 0 amide bonds. The second-order valence-electron chi connectivity index (χ2n) is 6.09. The first-order chi connectivity index (χ1) is 11.4. The molecule has 2 N–H and O–H groups in total. The second-order valence-corrected chi connectivity index (χ2v) is 6.09. The van der Waals surface area contributed by atoms with E-state index in [4.69, 9.17) is 19.7 Å². The van der Waals surface area contributed by atoms with Gasteiger partial charge in [-0.05, 0) is 25.7 Å². The van der Waals surface area contributed by atoms with Gasteiger partial charge in [0.15, 0.2) is 0 Å². The number of carbonyl (C=O) groups excluding carboxylic acids is 1. The van der Waals surface area contributed by atoms with Crippen LogP contribution < -0.4 is 0 Å². The number of rotatable bonds is 4. The molecule has 0 spiro atoms. The van der Waals surface area contributed by atoms with Crippen LogP contribution >= 0.6 is 0 Å². The summed E-state index contributed by atoms with van der Waals surface area (Å²) >= 11 is 0. The van der Waals surface area contributed by atoms with Gasteiger partial charge in [0.25, 0.3) is 0 Å². The lowest BCUT2D eigenvalue weighted by Gasteiger charge is -2.32. The van der Waals surface area contributed by atoms with E-state index in [9.17, 15) is 14.4 Å². The molecule has 0 radical (unpaired) electrons. The van der Waals surface area contributed by atoms with Crippen LogP contribution in [-0.2, 0) is 18.9 Å². The topological polar surface area (TPSA) is 129 Å². The van der Waals surface area contributed by atoms with Crippen molar-refractivity contribution in [2.24, 2.45) is 0 Å². The van der Waals surface area contributed by atoms with E-state index in [0.717, 1.165) is 32.1 Å². The van der Waals surface area contributed by atoms with Crippen molar-refractivity contribution >= 4 is 18.5 Å². The zero-order valence-corrected chi connectivity index (χ0v) is 13.2. The minimum absolute atomic E-state index is 0.0934. The lowest BCUT2D eigenvalue weighted by molar-refractivity contribution is -0.0762. The molecule has 2 unspecified atom stereocenters. The molecule has 2 fully saturated rings. The fourth-order valence-electron chi connectivity index (χ4n) is 3.23. The van der Waals surface area contributed by atoms with Crippen molar-refractivity contribution in [3.63, 3.8) is 0 Å². The number of carboxylic acid groups (broad SMARTS) is 2.